The Bertz CT molecular complexity index is 659. The van der Waals surface area contributed by atoms with E-state index in [1.54, 1.807) is 24.3 Å². The van der Waals surface area contributed by atoms with Crippen molar-refractivity contribution < 1.29 is 8.42 Å². The van der Waals surface area contributed by atoms with Crippen molar-refractivity contribution in [3.05, 3.63) is 66.2 Å². The van der Waals surface area contributed by atoms with E-state index in [9.17, 15) is 8.42 Å². The Kier molecular flexibility index (Phi) is 4.16. The zero-order valence-electron chi connectivity index (χ0n) is 12.1. The maximum atomic E-state index is 13.0. The average molecular weight is 304 g/mol. The smallest absolute Gasteiger partial charge is 0.182 e. The Hall–Kier alpha value is -1.39. The highest BCUT2D eigenvalue weighted by atomic mass is 32.2. The summed E-state index contributed by atoms with van der Waals surface area (Å²) in [6.07, 6.45) is 0. The van der Waals surface area contributed by atoms with Crippen molar-refractivity contribution in [1.29, 1.82) is 0 Å². The minimum Gasteiger partial charge on any atom is -0.223 e. The lowest BCUT2D eigenvalue weighted by Crippen LogP contribution is -2.36. The third-order valence-corrected chi connectivity index (χ3v) is 10.1. The molecule has 0 aliphatic carbocycles. The zero-order valence-corrected chi connectivity index (χ0v) is 13.9. The molecule has 0 fully saturated rings. The molecule has 106 valence electrons. The second kappa shape index (κ2) is 5.54. The molecule has 2 nitrogen and oxygen atoms in total. The summed E-state index contributed by atoms with van der Waals surface area (Å²) in [4.78, 5) is -0.00474. The second-order valence-electron chi connectivity index (χ2n) is 6.01. The number of sulfone groups is 1. The van der Waals surface area contributed by atoms with Crippen LogP contribution in [0.1, 0.15) is 10.4 Å². The fourth-order valence-electron chi connectivity index (χ4n) is 2.52. The summed E-state index contributed by atoms with van der Waals surface area (Å²) in [5, 5.41) is 0. The van der Waals surface area contributed by atoms with Gasteiger partial charge in [0.15, 0.2) is 9.84 Å². The summed E-state index contributed by atoms with van der Waals surface area (Å²) in [7, 11) is -5.28. The lowest BCUT2D eigenvalue weighted by atomic mass is 10.2. The van der Waals surface area contributed by atoms with Gasteiger partial charge in [-0.2, -0.15) is 0 Å². The van der Waals surface area contributed by atoms with Gasteiger partial charge in [0.1, 0.15) is 0 Å². The van der Waals surface area contributed by atoms with Crippen molar-refractivity contribution in [1.82, 2.24) is 0 Å². The fourth-order valence-corrected chi connectivity index (χ4v) is 9.17. The SMILES string of the molecule is C[Si](C)(C)C(c1ccccc1)S(=O)(=O)c1ccccc1. The largest absolute Gasteiger partial charge is 0.223 e. The van der Waals surface area contributed by atoms with Gasteiger partial charge in [-0.3, -0.25) is 0 Å². The van der Waals surface area contributed by atoms with Crippen molar-refractivity contribution in [2.24, 2.45) is 0 Å². The predicted octanol–water partition coefficient (Wildman–Crippen LogP) is 4.08. The average Bonchev–Trinajstić information content (AvgIpc) is 2.39. The Labute approximate surface area is 122 Å². The summed E-state index contributed by atoms with van der Waals surface area (Å²) < 4.78 is 26.0. The van der Waals surface area contributed by atoms with Gasteiger partial charge < -0.3 is 0 Å². The molecule has 0 spiro atoms. The summed E-state index contributed by atoms with van der Waals surface area (Å²) in [6.45, 7) is 6.31. The minimum atomic E-state index is -3.35. The molecule has 0 bridgehead atoms. The molecule has 1 unspecified atom stereocenters. The predicted molar refractivity (Wildman–Crippen MR) is 86.2 cm³/mol. The molecular weight excluding hydrogens is 284 g/mol. The molecule has 0 heterocycles. The van der Waals surface area contributed by atoms with E-state index in [4.69, 9.17) is 0 Å². The van der Waals surface area contributed by atoms with E-state index < -0.39 is 22.8 Å². The molecule has 0 aliphatic rings. The van der Waals surface area contributed by atoms with Crippen LogP contribution in [-0.4, -0.2) is 16.5 Å². The standard InChI is InChI=1S/C16H20O2SSi/c1-20(2,3)16(14-10-6-4-7-11-14)19(17,18)15-12-8-5-9-13-15/h4-13,16H,1-3H3. The van der Waals surface area contributed by atoms with E-state index in [0.29, 0.717) is 4.90 Å². The van der Waals surface area contributed by atoms with Crippen LogP contribution >= 0.6 is 0 Å². The lowest BCUT2D eigenvalue weighted by molar-refractivity contribution is 0.592. The van der Waals surface area contributed by atoms with E-state index in [1.165, 1.54) is 0 Å². The molecule has 0 saturated carbocycles. The third-order valence-electron chi connectivity index (χ3n) is 3.27. The van der Waals surface area contributed by atoms with Crippen molar-refractivity contribution in [3.63, 3.8) is 0 Å². The number of hydrogen-bond donors (Lipinski definition) is 0. The molecule has 0 saturated heterocycles. The highest BCUT2D eigenvalue weighted by Gasteiger charge is 2.39. The van der Waals surface area contributed by atoms with Crippen LogP contribution in [0.5, 0.6) is 0 Å². The molecular formula is C16H20O2SSi. The Morgan fingerprint density at radius 1 is 0.800 bits per heavy atom. The van der Waals surface area contributed by atoms with Crippen LogP contribution in [-0.2, 0) is 9.84 Å². The van der Waals surface area contributed by atoms with E-state index >= 15 is 0 Å². The van der Waals surface area contributed by atoms with Crippen molar-refractivity contribution >= 4 is 17.9 Å². The number of hydrogen-bond acceptors (Lipinski definition) is 2. The number of rotatable bonds is 4. The van der Waals surface area contributed by atoms with Crippen LogP contribution in [0.25, 0.3) is 0 Å². The van der Waals surface area contributed by atoms with Gasteiger partial charge in [0.2, 0.25) is 0 Å². The van der Waals surface area contributed by atoms with Crippen molar-refractivity contribution in [2.75, 3.05) is 0 Å². The molecule has 0 radical (unpaired) electrons. The van der Waals surface area contributed by atoms with Gasteiger partial charge in [-0.05, 0) is 17.7 Å². The first kappa shape index (κ1) is 15.0. The molecule has 0 amide bonds. The molecule has 20 heavy (non-hydrogen) atoms. The van der Waals surface area contributed by atoms with Crippen molar-refractivity contribution in [3.8, 4) is 0 Å². The third kappa shape index (κ3) is 3.02. The summed E-state index contributed by atoms with van der Waals surface area (Å²) in [5.74, 6) is 0. The quantitative estimate of drug-likeness (QED) is 0.798. The van der Waals surface area contributed by atoms with Crippen molar-refractivity contribution in [2.45, 2.75) is 29.4 Å². The summed E-state index contributed by atoms with van der Waals surface area (Å²) in [5.41, 5.74) is 0.899. The molecule has 0 N–H and O–H groups in total. The molecule has 2 rings (SSSR count). The number of benzene rings is 2. The van der Waals surface area contributed by atoms with Gasteiger partial charge in [0.05, 0.1) is 17.8 Å². The van der Waals surface area contributed by atoms with E-state index in [2.05, 4.69) is 19.6 Å². The summed E-state index contributed by atoms with van der Waals surface area (Å²) >= 11 is 0. The molecule has 2 aromatic carbocycles. The first-order chi connectivity index (χ1) is 9.33. The van der Waals surface area contributed by atoms with E-state index in [-0.39, 0.29) is 0 Å². The van der Waals surface area contributed by atoms with Crippen LogP contribution in [0.15, 0.2) is 65.6 Å². The van der Waals surface area contributed by atoms with Crippen LogP contribution in [0.4, 0.5) is 0 Å². The summed E-state index contributed by atoms with van der Waals surface area (Å²) in [6, 6.07) is 18.3. The van der Waals surface area contributed by atoms with E-state index in [0.717, 1.165) is 5.56 Å². The van der Waals surface area contributed by atoms with Gasteiger partial charge in [-0.25, -0.2) is 8.42 Å². The Morgan fingerprint density at radius 3 is 1.70 bits per heavy atom. The highest BCUT2D eigenvalue weighted by Crippen LogP contribution is 2.36. The van der Waals surface area contributed by atoms with Crippen LogP contribution in [0, 0.1) is 0 Å². The maximum Gasteiger partial charge on any atom is 0.182 e. The Morgan fingerprint density at radius 2 is 1.25 bits per heavy atom. The Balaban J connectivity index is 2.60. The van der Waals surface area contributed by atoms with Crippen LogP contribution < -0.4 is 0 Å². The van der Waals surface area contributed by atoms with Gasteiger partial charge in [-0.15, -0.1) is 0 Å². The highest BCUT2D eigenvalue weighted by molar-refractivity contribution is 7.93. The molecule has 0 aromatic heterocycles. The lowest BCUT2D eigenvalue weighted by Gasteiger charge is -2.29. The van der Waals surface area contributed by atoms with Gasteiger partial charge in [-0.1, -0.05) is 68.2 Å². The second-order valence-corrected chi connectivity index (χ2v) is 13.8. The fraction of sp³-hybridized carbons (Fsp3) is 0.250. The maximum absolute atomic E-state index is 13.0. The van der Waals surface area contributed by atoms with Crippen LogP contribution in [0.2, 0.25) is 19.6 Å². The first-order valence-electron chi connectivity index (χ1n) is 6.67. The molecule has 1 atom stereocenters. The normalized spacial score (nSPS) is 13.9. The molecule has 2 aromatic rings. The monoisotopic (exact) mass is 304 g/mol. The van der Waals surface area contributed by atoms with Gasteiger partial charge >= 0.3 is 0 Å². The first-order valence-corrected chi connectivity index (χ1v) is 11.8. The van der Waals surface area contributed by atoms with Crippen LogP contribution in [0.3, 0.4) is 0 Å². The van der Waals surface area contributed by atoms with E-state index in [1.807, 2.05) is 36.4 Å². The zero-order chi connectivity index (χ0) is 14.8. The van der Waals surface area contributed by atoms with Gasteiger partial charge in [0.25, 0.3) is 0 Å². The molecule has 4 heteroatoms. The topological polar surface area (TPSA) is 34.1 Å². The minimum absolute atomic E-state index is 0.413. The van der Waals surface area contributed by atoms with Gasteiger partial charge in [0, 0.05) is 0 Å². The molecule has 0 aliphatic heterocycles.